The number of alkyl halides is 2. The smallest absolute Gasteiger partial charge is 0.387 e. The minimum atomic E-state index is -2.87. The van der Waals surface area contributed by atoms with E-state index in [-0.39, 0.29) is 5.75 Å². The summed E-state index contributed by atoms with van der Waals surface area (Å²) in [5.74, 6) is 0.0550. The third-order valence-electron chi connectivity index (χ3n) is 2.35. The molecule has 0 fully saturated rings. The molecule has 0 aliphatic rings. The minimum Gasteiger partial charge on any atom is -0.435 e. The Hall–Kier alpha value is -2.13. The van der Waals surface area contributed by atoms with E-state index in [1.165, 1.54) is 12.1 Å². The molecule has 1 aromatic carbocycles. The number of halogens is 2. The summed E-state index contributed by atoms with van der Waals surface area (Å²) in [6.07, 6.45) is 0. The van der Waals surface area contributed by atoms with Crippen LogP contribution in [0.15, 0.2) is 41.4 Å². The number of pyridine rings is 1. The van der Waals surface area contributed by atoms with Crippen molar-refractivity contribution in [2.45, 2.75) is 11.6 Å². The van der Waals surface area contributed by atoms with E-state index in [0.717, 1.165) is 0 Å². The van der Waals surface area contributed by atoms with Crippen LogP contribution in [0.1, 0.15) is 5.56 Å². The van der Waals surface area contributed by atoms with E-state index < -0.39 is 6.61 Å². The molecule has 1 aromatic heterocycles. The minimum absolute atomic E-state index is 0.0550. The molecule has 0 radical (unpaired) electrons. The summed E-state index contributed by atoms with van der Waals surface area (Å²) in [6, 6.07) is 11.3. The molecular formula is C13H8F2N2OS. The molecule has 2 aromatic rings. The molecule has 0 amide bonds. The summed E-state index contributed by atoms with van der Waals surface area (Å²) in [4.78, 5) is 4.13. The lowest BCUT2D eigenvalue weighted by Gasteiger charge is -2.07. The lowest BCUT2D eigenvalue weighted by molar-refractivity contribution is -0.0498. The fourth-order valence-electron chi connectivity index (χ4n) is 1.53. The summed E-state index contributed by atoms with van der Waals surface area (Å²) in [7, 11) is 0. The van der Waals surface area contributed by atoms with E-state index in [4.69, 9.17) is 5.26 Å². The Morgan fingerprint density at radius 1 is 1.26 bits per heavy atom. The number of nitrogens with zero attached hydrogens (tertiary/aromatic N) is 2. The van der Waals surface area contributed by atoms with E-state index in [0.29, 0.717) is 21.8 Å². The molecule has 0 N–H and O–H groups in total. The predicted molar refractivity (Wildman–Crippen MR) is 68.3 cm³/mol. The predicted octanol–water partition coefficient (Wildman–Crippen LogP) is 3.51. The second kappa shape index (κ2) is 5.67. The zero-order valence-electron chi connectivity index (χ0n) is 9.55. The van der Waals surface area contributed by atoms with Crippen molar-refractivity contribution >= 4 is 12.6 Å². The van der Waals surface area contributed by atoms with Crippen LogP contribution in [0.25, 0.3) is 11.3 Å². The molecule has 0 unspecified atom stereocenters. The van der Waals surface area contributed by atoms with Crippen molar-refractivity contribution in [1.82, 2.24) is 4.98 Å². The van der Waals surface area contributed by atoms with Gasteiger partial charge in [0.25, 0.3) is 0 Å². The monoisotopic (exact) mass is 278 g/mol. The number of ether oxygens (including phenoxy) is 1. The van der Waals surface area contributed by atoms with Crippen molar-refractivity contribution < 1.29 is 13.5 Å². The number of thiol groups is 1. The molecule has 19 heavy (non-hydrogen) atoms. The van der Waals surface area contributed by atoms with Gasteiger partial charge in [-0.05, 0) is 24.3 Å². The number of rotatable bonds is 3. The highest BCUT2D eigenvalue weighted by molar-refractivity contribution is 7.80. The SMILES string of the molecule is N#Cc1ccc(-c2cccc(OC(F)F)c2)nc1S. The molecule has 2 rings (SSSR count). The first-order valence-electron chi connectivity index (χ1n) is 5.25. The first-order valence-corrected chi connectivity index (χ1v) is 5.70. The molecule has 0 aliphatic heterocycles. The van der Waals surface area contributed by atoms with Gasteiger partial charge in [-0.3, -0.25) is 0 Å². The van der Waals surface area contributed by atoms with Crippen molar-refractivity contribution in [2.75, 3.05) is 0 Å². The lowest BCUT2D eigenvalue weighted by Crippen LogP contribution is -2.01. The van der Waals surface area contributed by atoms with Crippen LogP contribution in [0, 0.1) is 11.3 Å². The maximum Gasteiger partial charge on any atom is 0.387 e. The summed E-state index contributed by atoms with van der Waals surface area (Å²) >= 11 is 4.09. The van der Waals surface area contributed by atoms with Crippen LogP contribution in [-0.2, 0) is 0 Å². The third-order valence-corrected chi connectivity index (χ3v) is 2.69. The van der Waals surface area contributed by atoms with Crippen LogP contribution in [0.5, 0.6) is 5.75 Å². The second-order valence-corrected chi connectivity index (χ2v) is 4.01. The highest BCUT2D eigenvalue weighted by atomic mass is 32.1. The standard InChI is InChI=1S/C13H8F2N2OS/c14-13(15)18-10-3-1-2-8(6-10)11-5-4-9(7-16)12(19)17-11/h1-6,13H,(H,17,19). The van der Waals surface area contributed by atoms with Crippen LogP contribution < -0.4 is 4.74 Å². The Morgan fingerprint density at radius 3 is 2.68 bits per heavy atom. The molecule has 0 bridgehead atoms. The van der Waals surface area contributed by atoms with E-state index in [1.807, 2.05) is 6.07 Å². The van der Waals surface area contributed by atoms with Crippen LogP contribution >= 0.6 is 12.6 Å². The number of hydrogen-bond acceptors (Lipinski definition) is 4. The quantitative estimate of drug-likeness (QED) is 0.874. The maximum absolute atomic E-state index is 12.1. The average molecular weight is 278 g/mol. The summed E-state index contributed by atoms with van der Waals surface area (Å²) < 4.78 is 28.6. The summed E-state index contributed by atoms with van der Waals surface area (Å²) in [6.45, 7) is -2.87. The highest BCUT2D eigenvalue weighted by Gasteiger charge is 2.08. The Morgan fingerprint density at radius 2 is 2.05 bits per heavy atom. The molecule has 0 atom stereocenters. The molecule has 96 valence electrons. The van der Waals surface area contributed by atoms with Crippen LogP contribution in [0.4, 0.5) is 8.78 Å². The Labute approximate surface area is 113 Å². The van der Waals surface area contributed by atoms with Gasteiger partial charge in [0.1, 0.15) is 16.8 Å². The van der Waals surface area contributed by atoms with Crippen molar-refractivity contribution in [2.24, 2.45) is 0 Å². The van der Waals surface area contributed by atoms with Crippen molar-refractivity contribution in [1.29, 1.82) is 5.26 Å². The highest BCUT2D eigenvalue weighted by Crippen LogP contribution is 2.25. The first kappa shape index (κ1) is 13.3. The Balaban J connectivity index is 2.37. The van der Waals surface area contributed by atoms with E-state index in [2.05, 4.69) is 22.3 Å². The Kier molecular flexibility index (Phi) is 3.97. The number of benzene rings is 1. The number of aromatic nitrogens is 1. The average Bonchev–Trinajstić information content (AvgIpc) is 2.38. The van der Waals surface area contributed by atoms with Gasteiger partial charge in [0, 0.05) is 5.56 Å². The summed E-state index contributed by atoms with van der Waals surface area (Å²) in [5.41, 5.74) is 1.49. The van der Waals surface area contributed by atoms with Crippen LogP contribution in [0.2, 0.25) is 0 Å². The van der Waals surface area contributed by atoms with E-state index in [1.54, 1.807) is 24.3 Å². The normalized spacial score (nSPS) is 10.3. The largest absolute Gasteiger partial charge is 0.435 e. The molecule has 0 saturated heterocycles. The number of hydrogen-bond donors (Lipinski definition) is 1. The van der Waals surface area contributed by atoms with Crippen LogP contribution in [-0.4, -0.2) is 11.6 Å². The van der Waals surface area contributed by atoms with Crippen molar-refractivity contribution in [3.63, 3.8) is 0 Å². The molecule has 0 spiro atoms. The van der Waals surface area contributed by atoms with Gasteiger partial charge in [-0.2, -0.15) is 14.0 Å². The second-order valence-electron chi connectivity index (χ2n) is 3.59. The van der Waals surface area contributed by atoms with Gasteiger partial charge < -0.3 is 4.74 Å². The fourth-order valence-corrected chi connectivity index (χ4v) is 1.76. The maximum atomic E-state index is 12.1. The molecule has 0 aliphatic carbocycles. The molecule has 1 heterocycles. The topological polar surface area (TPSA) is 45.9 Å². The van der Waals surface area contributed by atoms with Gasteiger partial charge in [-0.15, -0.1) is 12.6 Å². The van der Waals surface area contributed by atoms with Crippen molar-refractivity contribution in [3.05, 3.63) is 42.0 Å². The number of nitriles is 1. The van der Waals surface area contributed by atoms with E-state index in [9.17, 15) is 8.78 Å². The van der Waals surface area contributed by atoms with Gasteiger partial charge >= 0.3 is 6.61 Å². The first-order chi connectivity index (χ1) is 9.10. The lowest BCUT2D eigenvalue weighted by atomic mass is 10.1. The molecule has 6 heteroatoms. The Bertz CT molecular complexity index is 641. The zero-order chi connectivity index (χ0) is 13.8. The van der Waals surface area contributed by atoms with Gasteiger partial charge in [0.05, 0.1) is 11.3 Å². The fraction of sp³-hybridized carbons (Fsp3) is 0.0769. The summed E-state index contributed by atoms with van der Waals surface area (Å²) in [5, 5.41) is 9.07. The van der Waals surface area contributed by atoms with E-state index >= 15 is 0 Å². The van der Waals surface area contributed by atoms with Gasteiger partial charge in [-0.25, -0.2) is 4.98 Å². The van der Waals surface area contributed by atoms with Crippen LogP contribution in [0.3, 0.4) is 0 Å². The van der Waals surface area contributed by atoms with Gasteiger partial charge in [0.2, 0.25) is 0 Å². The van der Waals surface area contributed by atoms with Gasteiger partial charge in [0.15, 0.2) is 0 Å². The molecule has 0 saturated carbocycles. The third kappa shape index (κ3) is 3.20. The zero-order valence-corrected chi connectivity index (χ0v) is 10.4. The molecular weight excluding hydrogens is 270 g/mol. The van der Waals surface area contributed by atoms with Gasteiger partial charge in [-0.1, -0.05) is 12.1 Å². The van der Waals surface area contributed by atoms with Crippen molar-refractivity contribution in [3.8, 4) is 23.1 Å². The molecule has 3 nitrogen and oxygen atoms in total.